The molecule has 0 saturated heterocycles. The molecule has 0 radical (unpaired) electrons. The number of aliphatic hydroxyl groups excluding tert-OH is 2. The van der Waals surface area contributed by atoms with Gasteiger partial charge in [0.25, 0.3) is 0 Å². The average molecular weight is 768 g/mol. The predicted molar refractivity (Wildman–Crippen MR) is 236 cm³/mol. The third kappa shape index (κ3) is 38.0. The molecule has 0 aliphatic carbocycles. The van der Waals surface area contributed by atoms with E-state index in [4.69, 9.17) is 4.74 Å². The highest BCUT2D eigenvalue weighted by molar-refractivity contribution is 5.77. The van der Waals surface area contributed by atoms with Crippen LogP contribution in [0.2, 0.25) is 0 Å². The summed E-state index contributed by atoms with van der Waals surface area (Å²) >= 11 is 0. The van der Waals surface area contributed by atoms with Crippen LogP contribution in [-0.2, 0) is 14.3 Å². The second-order valence-corrected chi connectivity index (χ2v) is 15.1. The highest BCUT2D eigenvalue weighted by atomic mass is 16.5. The summed E-state index contributed by atoms with van der Waals surface area (Å²) in [7, 11) is 0. The maximum Gasteiger partial charge on any atom is 0.306 e. The molecule has 316 valence electrons. The van der Waals surface area contributed by atoms with Gasteiger partial charge in [-0.25, -0.2) is 0 Å². The molecule has 0 aromatic rings. The first kappa shape index (κ1) is 52.3. The summed E-state index contributed by atoms with van der Waals surface area (Å²) in [5, 5.41) is 23.6. The molecule has 0 rings (SSSR count). The van der Waals surface area contributed by atoms with E-state index in [1.165, 1.54) is 44.9 Å². The number of carbonyl (C=O) groups is 2. The first-order valence-corrected chi connectivity index (χ1v) is 22.7. The summed E-state index contributed by atoms with van der Waals surface area (Å²) in [5.41, 5.74) is 0. The minimum Gasteiger partial charge on any atom is -0.462 e. The molecule has 0 aliphatic rings. The lowest BCUT2D eigenvalue weighted by Gasteiger charge is -2.24. The zero-order chi connectivity index (χ0) is 40.3. The molecule has 6 nitrogen and oxygen atoms in total. The molecule has 0 fully saturated rings. The second kappa shape index (κ2) is 42.4. The van der Waals surface area contributed by atoms with E-state index >= 15 is 0 Å². The Kier molecular flexibility index (Phi) is 40.4. The molecule has 0 aromatic heterocycles. The number of amides is 1. The Morgan fingerprint density at radius 1 is 0.564 bits per heavy atom. The second-order valence-electron chi connectivity index (χ2n) is 15.1. The molecular formula is C49H85NO5. The van der Waals surface area contributed by atoms with Crippen LogP contribution in [0.25, 0.3) is 0 Å². The van der Waals surface area contributed by atoms with Crippen LogP contribution < -0.4 is 5.32 Å². The van der Waals surface area contributed by atoms with Gasteiger partial charge in [-0.2, -0.15) is 0 Å². The molecule has 0 aliphatic heterocycles. The van der Waals surface area contributed by atoms with Crippen LogP contribution >= 0.6 is 0 Å². The summed E-state index contributed by atoms with van der Waals surface area (Å²) in [5.74, 6) is -0.523. The molecule has 3 N–H and O–H groups in total. The van der Waals surface area contributed by atoms with Crippen molar-refractivity contribution in [3.8, 4) is 0 Å². The van der Waals surface area contributed by atoms with Gasteiger partial charge in [-0.3, -0.25) is 9.59 Å². The van der Waals surface area contributed by atoms with E-state index in [9.17, 15) is 19.8 Å². The van der Waals surface area contributed by atoms with E-state index < -0.39 is 18.2 Å². The van der Waals surface area contributed by atoms with Crippen molar-refractivity contribution in [1.29, 1.82) is 0 Å². The number of rotatable bonds is 39. The highest BCUT2D eigenvalue weighted by Gasteiger charge is 2.24. The van der Waals surface area contributed by atoms with Gasteiger partial charge < -0.3 is 20.3 Å². The number of hydrogen-bond acceptors (Lipinski definition) is 5. The molecule has 6 heteroatoms. The number of hydrogen-bond donors (Lipinski definition) is 3. The molecule has 3 atom stereocenters. The van der Waals surface area contributed by atoms with Crippen LogP contribution in [0.5, 0.6) is 0 Å². The Morgan fingerprint density at radius 2 is 1.07 bits per heavy atom. The summed E-state index contributed by atoms with van der Waals surface area (Å²) in [4.78, 5) is 26.0. The Bertz CT molecular complexity index is 1040. The summed E-state index contributed by atoms with van der Waals surface area (Å²) in [6, 6.07) is -0.711. The van der Waals surface area contributed by atoms with E-state index in [1.807, 2.05) is 18.2 Å². The van der Waals surface area contributed by atoms with Gasteiger partial charge in [-0.1, -0.05) is 190 Å². The first-order chi connectivity index (χ1) is 27.0. The summed E-state index contributed by atoms with van der Waals surface area (Å²) in [6.07, 6.45) is 52.4. The largest absolute Gasteiger partial charge is 0.462 e. The van der Waals surface area contributed by atoms with Gasteiger partial charge in [0.15, 0.2) is 0 Å². The van der Waals surface area contributed by atoms with E-state index in [0.717, 1.165) is 109 Å². The molecule has 0 aromatic carbocycles. The fourth-order valence-corrected chi connectivity index (χ4v) is 6.48. The SMILES string of the molecule is CC/C=C/C=C/C=C/C=C\CCCCCCCC(=O)OC(CCCCCCC/C=C/C/C=C/CC)CC(=O)NC(CO)C(O)CCCCCCCCCCC. The molecule has 0 spiro atoms. The topological polar surface area (TPSA) is 95.9 Å². The Hall–Kier alpha value is -2.70. The van der Waals surface area contributed by atoms with Gasteiger partial charge in [0.2, 0.25) is 5.91 Å². The lowest BCUT2D eigenvalue weighted by Crippen LogP contribution is -2.46. The van der Waals surface area contributed by atoms with Crippen molar-refractivity contribution in [2.24, 2.45) is 0 Å². The Morgan fingerprint density at radius 3 is 1.69 bits per heavy atom. The van der Waals surface area contributed by atoms with E-state index in [-0.39, 0.29) is 24.9 Å². The van der Waals surface area contributed by atoms with Crippen LogP contribution in [0.1, 0.15) is 201 Å². The van der Waals surface area contributed by atoms with Crippen molar-refractivity contribution >= 4 is 11.9 Å². The maximum atomic E-state index is 13.1. The number of allylic oxidation sites excluding steroid dienone is 12. The highest BCUT2D eigenvalue weighted by Crippen LogP contribution is 2.17. The molecule has 55 heavy (non-hydrogen) atoms. The van der Waals surface area contributed by atoms with Gasteiger partial charge in [0.1, 0.15) is 6.10 Å². The number of nitrogens with one attached hydrogen (secondary N) is 1. The third-order valence-corrected chi connectivity index (χ3v) is 9.88. The number of esters is 1. The molecular weight excluding hydrogens is 683 g/mol. The van der Waals surface area contributed by atoms with E-state index in [2.05, 4.69) is 80.8 Å². The fraction of sp³-hybridized carbons (Fsp3) is 0.714. The minimum absolute atomic E-state index is 0.0547. The lowest BCUT2D eigenvalue weighted by atomic mass is 10.0. The van der Waals surface area contributed by atoms with Gasteiger partial charge in [0, 0.05) is 6.42 Å². The van der Waals surface area contributed by atoms with E-state index in [0.29, 0.717) is 19.3 Å². The van der Waals surface area contributed by atoms with Gasteiger partial charge in [-0.15, -0.1) is 0 Å². The predicted octanol–water partition coefficient (Wildman–Crippen LogP) is 13.1. The van der Waals surface area contributed by atoms with Crippen LogP contribution in [0, 0.1) is 0 Å². The number of aliphatic hydroxyl groups is 2. The minimum atomic E-state index is -0.796. The van der Waals surface area contributed by atoms with Crippen molar-refractivity contribution in [3.05, 3.63) is 72.9 Å². The quantitative estimate of drug-likeness (QED) is 0.0250. The van der Waals surface area contributed by atoms with Crippen LogP contribution in [0.4, 0.5) is 0 Å². The number of ether oxygens (including phenoxy) is 1. The molecule has 0 heterocycles. The lowest BCUT2D eigenvalue weighted by molar-refractivity contribution is -0.151. The summed E-state index contributed by atoms with van der Waals surface area (Å²) < 4.78 is 5.89. The van der Waals surface area contributed by atoms with Crippen molar-refractivity contribution in [2.45, 2.75) is 219 Å². The van der Waals surface area contributed by atoms with Crippen molar-refractivity contribution < 1.29 is 24.5 Å². The molecule has 1 amide bonds. The fourth-order valence-electron chi connectivity index (χ4n) is 6.48. The normalized spacial score (nSPS) is 14.1. The van der Waals surface area contributed by atoms with Crippen molar-refractivity contribution in [2.75, 3.05) is 6.61 Å². The standard InChI is InChI=1S/C49H85NO5/c1-4-7-10-13-16-19-21-23-24-25-27-30-33-36-39-42-49(54)55-45(40-37-34-31-29-26-22-20-17-14-11-8-5-2)43-48(53)50-46(44-51)47(52)41-38-35-32-28-18-15-12-9-6-3/h7-8,10-11,13,16-17,19-21,23-24,45-47,51-52H,4-6,9,12,14-15,18,22,25-44H2,1-3H3,(H,50,53)/b10-7+,11-8+,16-13+,20-17+,21-19+,24-23-. The average Bonchev–Trinajstić information content (AvgIpc) is 3.18. The Balaban J connectivity index is 4.67. The zero-order valence-corrected chi connectivity index (χ0v) is 35.8. The number of unbranched alkanes of at least 4 members (excludes halogenated alkanes) is 18. The molecule has 0 saturated carbocycles. The maximum absolute atomic E-state index is 13.1. The smallest absolute Gasteiger partial charge is 0.306 e. The summed E-state index contributed by atoms with van der Waals surface area (Å²) in [6.45, 7) is 6.19. The van der Waals surface area contributed by atoms with Gasteiger partial charge in [-0.05, 0) is 70.6 Å². The molecule has 0 bridgehead atoms. The first-order valence-electron chi connectivity index (χ1n) is 22.7. The zero-order valence-electron chi connectivity index (χ0n) is 35.8. The Labute approximate surface area is 339 Å². The van der Waals surface area contributed by atoms with Crippen molar-refractivity contribution in [3.63, 3.8) is 0 Å². The van der Waals surface area contributed by atoms with Crippen LogP contribution in [0.15, 0.2) is 72.9 Å². The van der Waals surface area contributed by atoms with Crippen LogP contribution in [0.3, 0.4) is 0 Å². The number of carbonyl (C=O) groups excluding carboxylic acids is 2. The third-order valence-electron chi connectivity index (χ3n) is 9.88. The van der Waals surface area contributed by atoms with Crippen molar-refractivity contribution in [1.82, 2.24) is 5.32 Å². The van der Waals surface area contributed by atoms with E-state index in [1.54, 1.807) is 0 Å². The monoisotopic (exact) mass is 768 g/mol. The van der Waals surface area contributed by atoms with Gasteiger partial charge in [0.05, 0.1) is 25.2 Å². The van der Waals surface area contributed by atoms with Crippen LogP contribution in [-0.4, -0.2) is 46.9 Å². The molecule has 3 unspecified atom stereocenters. The van der Waals surface area contributed by atoms with Gasteiger partial charge >= 0.3 is 5.97 Å².